The Morgan fingerprint density at radius 3 is 2.28 bits per heavy atom. The Bertz CT molecular complexity index is 797. The second-order valence-corrected chi connectivity index (χ2v) is 7.88. The summed E-state index contributed by atoms with van der Waals surface area (Å²) in [5.41, 5.74) is 3.31. The second-order valence-electron chi connectivity index (χ2n) is 7.88. The molecular weight excluding hydrogens is 362 g/mol. The van der Waals surface area contributed by atoms with Crippen LogP contribution in [0.1, 0.15) is 35.6 Å². The van der Waals surface area contributed by atoms with Crippen LogP contribution in [-0.4, -0.2) is 54.8 Å². The van der Waals surface area contributed by atoms with Crippen molar-refractivity contribution in [3.05, 3.63) is 71.3 Å². The predicted octanol–water partition coefficient (Wildman–Crippen LogP) is 2.95. The molecular formula is C24H31N3O2. The number of nitrogens with one attached hydrogen (secondary N) is 1. The highest BCUT2D eigenvalue weighted by Crippen LogP contribution is 2.18. The van der Waals surface area contributed by atoms with Crippen LogP contribution in [0.15, 0.2) is 54.6 Å². The number of piperazine rings is 1. The van der Waals surface area contributed by atoms with Gasteiger partial charge in [-0.1, -0.05) is 60.2 Å². The average molecular weight is 394 g/mol. The third-order valence-corrected chi connectivity index (χ3v) is 5.49. The van der Waals surface area contributed by atoms with Crippen molar-refractivity contribution >= 4 is 11.8 Å². The summed E-state index contributed by atoms with van der Waals surface area (Å²) in [5, 5.41) is 2.99. The van der Waals surface area contributed by atoms with Gasteiger partial charge in [0, 0.05) is 32.6 Å². The van der Waals surface area contributed by atoms with Crippen LogP contribution in [0, 0.1) is 6.92 Å². The highest BCUT2D eigenvalue weighted by atomic mass is 16.2. The topological polar surface area (TPSA) is 52.7 Å². The predicted molar refractivity (Wildman–Crippen MR) is 116 cm³/mol. The minimum Gasteiger partial charge on any atom is -0.341 e. The molecule has 0 bridgehead atoms. The first-order chi connectivity index (χ1) is 14.0. The molecule has 1 heterocycles. The number of amides is 2. The maximum absolute atomic E-state index is 13.2. The molecule has 0 unspecified atom stereocenters. The van der Waals surface area contributed by atoms with E-state index in [1.807, 2.05) is 35.2 Å². The number of likely N-dealkylation sites (N-methyl/N-ethyl adjacent to an activating group) is 1. The number of hydrogen-bond acceptors (Lipinski definition) is 3. The molecule has 2 aromatic rings. The zero-order valence-corrected chi connectivity index (χ0v) is 17.4. The lowest BCUT2D eigenvalue weighted by molar-refractivity contribution is -0.138. The maximum atomic E-state index is 13.2. The molecule has 1 fully saturated rings. The Kier molecular flexibility index (Phi) is 7.42. The van der Waals surface area contributed by atoms with Gasteiger partial charge in [0.25, 0.3) is 0 Å². The highest BCUT2D eigenvalue weighted by Gasteiger charge is 2.29. The largest absolute Gasteiger partial charge is 0.341 e. The zero-order valence-electron chi connectivity index (χ0n) is 17.4. The van der Waals surface area contributed by atoms with Crippen molar-refractivity contribution in [2.24, 2.45) is 0 Å². The van der Waals surface area contributed by atoms with Gasteiger partial charge in [0.15, 0.2) is 0 Å². The molecule has 1 atom stereocenters. The lowest BCUT2D eigenvalue weighted by Gasteiger charge is -2.35. The molecule has 5 heteroatoms. The molecule has 1 N–H and O–H groups in total. The molecule has 1 aliphatic rings. The van der Waals surface area contributed by atoms with E-state index in [0.29, 0.717) is 19.5 Å². The van der Waals surface area contributed by atoms with Crippen molar-refractivity contribution in [3.63, 3.8) is 0 Å². The quantitative estimate of drug-likeness (QED) is 0.787. The molecule has 2 amide bonds. The van der Waals surface area contributed by atoms with Crippen LogP contribution >= 0.6 is 0 Å². The molecule has 1 saturated heterocycles. The Hall–Kier alpha value is -2.66. The van der Waals surface area contributed by atoms with Gasteiger partial charge >= 0.3 is 0 Å². The van der Waals surface area contributed by atoms with Crippen LogP contribution in [-0.2, 0) is 16.0 Å². The number of benzene rings is 2. The molecule has 2 aromatic carbocycles. The van der Waals surface area contributed by atoms with Crippen LogP contribution in [0.3, 0.4) is 0 Å². The standard InChI is InChI=1S/C24H31N3O2/c1-19-11-13-20(14-12-19)7-6-10-22(28)25-23(21-8-4-3-5-9-21)24(29)27-17-15-26(2)16-18-27/h3-5,8-9,11-14,23H,6-7,10,15-18H2,1-2H3,(H,25,28)/t23-/m0/s1. The zero-order chi connectivity index (χ0) is 20.6. The van der Waals surface area contributed by atoms with E-state index in [0.717, 1.165) is 31.5 Å². The van der Waals surface area contributed by atoms with Gasteiger partial charge in [-0.3, -0.25) is 9.59 Å². The molecule has 0 aromatic heterocycles. The van der Waals surface area contributed by atoms with Gasteiger partial charge in [-0.05, 0) is 37.9 Å². The van der Waals surface area contributed by atoms with Crippen LogP contribution < -0.4 is 5.32 Å². The summed E-state index contributed by atoms with van der Waals surface area (Å²) < 4.78 is 0. The van der Waals surface area contributed by atoms with Crippen molar-refractivity contribution in [2.75, 3.05) is 33.2 Å². The maximum Gasteiger partial charge on any atom is 0.249 e. The van der Waals surface area contributed by atoms with Gasteiger partial charge in [0.05, 0.1) is 0 Å². The minimum atomic E-state index is -0.619. The van der Waals surface area contributed by atoms with E-state index in [9.17, 15) is 9.59 Å². The Balaban J connectivity index is 1.59. The van der Waals surface area contributed by atoms with Crippen LogP contribution in [0.4, 0.5) is 0 Å². The number of hydrogen-bond donors (Lipinski definition) is 1. The Labute approximate surface area is 173 Å². The highest BCUT2D eigenvalue weighted by molar-refractivity contribution is 5.88. The summed E-state index contributed by atoms with van der Waals surface area (Å²) in [6, 6.07) is 17.3. The summed E-state index contributed by atoms with van der Waals surface area (Å²) in [6.45, 7) is 5.18. The van der Waals surface area contributed by atoms with E-state index < -0.39 is 6.04 Å². The van der Waals surface area contributed by atoms with Gasteiger partial charge in [0.2, 0.25) is 11.8 Å². The first-order valence-electron chi connectivity index (χ1n) is 10.4. The van der Waals surface area contributed by atoms with Crippen LogP contribution in [0.25, 0.3) is 0 Å². The third kappa shape index (κ3) is 6.16. The van der Waals surface area contributed by atoms with Gasteiger partial charge in [-0.15, -0.1) is 0 Å². The molecule has 29 heavy (non-hydrogen) atoms. The second kappa shape index (κ2) is 10.2. The fourth-order valence-corrected chi connectivity index (χ4v) is 3.58. The van der Waals surface area contributed by atoms with Crippen LogP contribution in [0.2, 0.25) is 0 Å². The fraction of sp³-hybridized carbons (Fsp3) is 0.417. The molecule has 154 valence electrons. The molecule has 0 saturated carbocycles. The van der Waals surface area contributed by atoms with Crippen molar-refractivity contribution < 1.29 is 9.59 Å². The smallest absolute Gasteiger partial charge is 0.249 e. The van der Waals surface area contributed by atoms with Gasteiger partial charge in [-0.2, -0.15) is 0 Å². The molecule has 0 aliphatic carbocycles. The lowest BCUT2D eigenvalue weighted by Crippen LogP contribution is -2.51. The van der Waals surface area contributed by atoms with E-state index in [-0.39, 0.29) is 11.8 Å². The summed E-state index contributed by atoms with van der Waals surface area (Å²) in [5.74, 6) is -0.0929. The normalized spacial score (nSPS) is 15.7. The van der Waals surface area contributed by atoms with Crippen molar-refractivity contribution in [2.45, 2.75) is 32.2 Å². The SMILES string of the molecule is Cc1ccc(CCCC(=O)N[C@H](C(=O)N2CCN(C)CC2)c2ccccc2)cc1. The van der Waals surface area contributed by atoms with E-state index in [4.69, 9.17) is 0 Å². The van der Waals surface area contributed by atoms with Crippen molar-refractivity contribution in [1.82, 2.24) is 15.1 Å². The summed E-state index contributed by atoms with van der Waals surface area (Å²) >= 11 is 0. The summed E-state index contributed by atoms with van der Waals surface area (Å²) in [6.07, 6.45) is 2.03. The number of carbonyl (C=O) groups excluding carboxylic acids is 2. The molecule has 0 spiro atoms. The summed E-state index contributed by atoms with van der Waals surface area (Å²) in [7, 11) is 2.06. The molecule has 0 radical (unpaired) electrons. The number of aryl methyl sites for hydroxylation is 2. The Morgan fingerprint density at radius 1 is 0.966 bits per heavy atom. The third-order valence-electron chi connectivity index (χ3n) is 5.49. The van der Waals surface area contributed by atoms with Gasteiger partial charge < -0.3 is 15.1 Å². The number of carbonyl (C=O) groups is 2. The van der Waals surface area contributed by atoms with Crippen LogP contribution in [0.5, 0.6) is 0 Å². The van der Waals surface area contributed by atoms with Crippen molar-refractivity contribution in [3.8, 4) is 0 Å². The molecule has 5 nitrogen and oxygen atoms in total. The fourth-order valence-electron chi connectivity index (χ4n) is 3.58. The lowest BCUT2D eigenvalue weighted by atomic mass is 10.0. The molecule has 1 aliphatic heterocycles. The first-order valence-corrected chi connectivity index (χ1v) is 10.4. The molecule has 3 rings (SSSR count). The minimum absolute atomic E-state index is 0.0174. The number of nitrogens with zero attached hydrogens (tertiary/aromatic N) is 2. The van der Waals surface area contributed by atoms with Gasteiger partial charge in [-0.25, -0.2) is 0 Å². The monoisotopic (exact) mass is 393 g/mol. The summed E-state index contributed by atoms with van der Waals surface area (Å²) in [4.78, 5) is 29.9. The van der Waals surface area contributed by atoms with Crippen molar-refractivity contribution in [1.29, 1.82) is 0 Å². The van der Waals surface area contributed by atoms with E-state index in [1.54, 1.807) is 0 Å². The van der Waals surface area contributed by atoms with E-state index in [1.165, 1.54) is 11.1 Å². The van der Waals surface area contributed by atoms with E-state index >= 15 is 0 Å². The first kappa shape index (κ1) is 21.1. The van der Waals surface area contributed by atoms with E-state index in [2.05, 4.69) is 48.5 Å². The number of rotatable bonds is 7. The Morgan fingerprint density at radius 2 is 1.62 bits per heavy atom. The van der Waals surface area contributed by atoms with Gasteiger partial charge in [0.1, 0.15) is 6.04 Å². The average Bonchev–Trinajstić information content (AvgIpc) is 2.74.